The van der Waals surface area contributed by atoms with Crippen molar-refractivity contribution in [3.05, 3.63) is 29.8 Å². The summed E-state index contributed by atoms with van der Waals surface area (Å²) in [5.74, 6) is 2.19. The summed E-state index contributed by atoms with van der Waals surface area (Å²) in [5, 5.41) is 3.35. The molecule has 0 atom stereocenters. The number of sulfone groups is 1. The van der Waals surface area contributed by atoms with Crippen LogP contribution < -0.4 is 10.1 Å². The maximum atomic E-state index is 12.2. The Balaban J connectivity index is 2.04. The van der Waals surface area contributed by atoms with E-state index < -0.39 is 14.6 Å². The lowest BCUT2D eigenvalue weighted by molar-refractivity contribution is 0.268. The van der Waals surface area contributed by atoms with Crippen LogP contribution in [0.4, 0.5) is 0 Å². The largest absolute Gasteiger partial charge is 0.493 e. The average Bonchev–Trinajstić information content (AvgIpc) is 2.57. The van der Waals surface area contributed by atoms with Crippen molar-refractivity contribution in [2.45, 2.75) is 39.0 Å². The molecule has 1 N–H and O–H groups in total. The van der Waals surface area contributed by atoms with Gasteiger partial charge < -0.3 is 15.0 Å². The van der Waals surface area contributed by atoms with Crippen LogP contribution in [0.5, 0.6) is 5.75 Å². The maximum absolute atomic E-state index is 12.2. The molecule has 146 valence electrons. The number of aliphatic imine (C=N–C) groups is 1. The van der Waals surface area contributed by atoms with Crippen LogP contribution in [0, 0.1) is 5.92 Å². The normalized spacial score (nSPS) is 19.5. The predicted molar refractivity (Wildman–Crippen MR) is 106 cm³/mol. The minimum Gasteiger partial charge on any atom is -0.493 e. The number of guanidine groups is 1. The van der Waals surface area contributed by atoms with Gasteiger partial charge in [-0.2, -0.15) is 0 Å². The zero-order valence-electron chi connectivity index (χ0n) is 16.4. The first-order valence-electron chi connectivity index (χ1n) is 9.05. The number of hydrogen-bond donors (Lipinski definition) is 1. The van der Waals surface area contributed by atoms with E-state index in [1.807, 2.05) is 29.2 Å². The SMILES string of the molecule is CN=C(NCc1ccccc1OCC(C)C)N1CCS(=O)(=O)C(C)(C)C1. The third kappa shape index (κ3) is 4.90. The van der Waals surface area contributed by atoms with Gasteiger partial charge in [0.1, 0.15) is 5.75 Å². The predicted octanol–water partition coefficient (Wildman–Crippen LogP) is 2.31. The topological polar surface area (TPSA) is 71.0 Å². The molecule has 1 aliphatic heterocycles. The maximum Gasteiger partial charge on any atom is 0.193 e. The molecule has 2 rings (SSSR count). The van der Waals surface area contributed by atoms with Crippen LogP contribution in [-0.2, 0) is 16.4 Å². The fourth-order valence-corrected chi connectivity index (χ4v) is 4.24. The van der Waals surface area contributed by atoms with Crippen LogP contribution in [-0.4, -0.2) is 56.5 Å². The molecule has 0 bridgehead atoms. The van der Waals surface area contributed by atoms with Gasteiger partial charge in [0.2, 0.25) is 0 Å². The van der Waals surface area contributed by atoms with Crippen LogP contribution >= 0.6 is 0 Å². The molecule has 6 nitrogen and oxygen atoms in total. The summed E-state index contributed by atoms with van der Waals surface area (Å²) in [7, 11) is -1.35. The second-order valence-corrected chi connectivity index (χ2v) is 10.5. The van der Waals surface area contributed by atoms with Gasteiger partial charge in [0.05, 0.1) is 17.1 Å². The number of hydrogen-bond acceptors (Lipinski definition) is 4. The van der Waals surface area contributed by atoms with Gasteiger partial charge in [-0.3, -0.25) is 4.99 Å². The molecule has 0 aromatic heterocycles. The smallest absolute Gasteiger partial charge is 0.193 e. The van der Waals surface area contributed by atoms with E-state index in [4.69, 9.17) is 4.74 Å². The lowest BCUT2D eigenvalue weighted by atomic mass is 10.2. The molecule has 1 aliphatic rings. The summed E-state index contributed by atoms with van der Waals surface area (Å²) < 4.78 is 29.5. The molecule has 0 spiro atoms. The third-order valence-electron chi connectivity index (χ3n) is 4.54. The Morgan fingerprint density at radius 2 is 2.04 bits per heavy atom. The molecule has 1 aromatic rings. The van der Waals surface area contributed by atoms with Crippen LogP contribution in [0.1, 0.15) is 33.3 Å². The average molecular weight is 382 g/mol. The quantitative estimate of drug-likeness (QED) is 0.626. The Labute approximate surface area is 157 Å². The van der Waals surface area contributed by atoms with E-state index in [0.717, 1.165) is 11.3 Å². The van der Waals surface area contributed by atoms with Crippen LogP contribution in [0.25, 0.3) is 0 Å². The first-order valence-corrected chi connectivity index (χ1v) is 10.7. The van der Waals surface area contributed by atoms with E-state index in [9.17, 15) is 8.42 Å². The van der Waals surface area contributed by atoms with Crippen LogP contribution in [0.3, 0.4) is 0 Å². The Kier molecular flexibility index (Phi) is 6.55. The fraction of sp³-hybridized carbons (Fsp3) is 0.632. The zero-order valence-corrected chi connectivity index (χ0v) is 17.3. The molecule has 1 heterocycles. The van der Waals surface area contributed by atoms with E-state index in [1.54, 1.807) is 20.9 Å². The summed E-state index contributed by atoms with van der Waals surface area (Å²) >= 11 is 0. The molecule has 0 unspecified atom stereocenters. The molecule has 0 saturated carbocycles. The number of rotatable bonds is 5. The van der Waals surface area contributed by atoms with Gasteiger partial charge in [-0.05, 0) is 25.8 Å². The minimum absolute atomic E-state index is 0.148. The second-order valence-electron chi connectivity index (χ2n) is 7.71. The van der Waals surface area contributed by atoms with E-state index in [-0.39, 0.29) is 5.75 Å². The van der Waals surface area contributed by atoms with Gasteiger partial charge in [0.25, 0.3) is 0 Å². The fourth-order valence-electron chi connectivity index (χ4n) is 2.88. The van der Waals surface area contributed by atoms with Gasteiger partial charge in [0, 0.05) is 32.2 Å². The first kappa shape index (κ1) is 20.6. The van der Waals surface area contributed by atoms with Crippen molar-refractivity contribution in [2.75, 3.05) is 32.5 Å². The number of nitrogens with zero attached hydrogens (tertiary/aromatic N) is 2. The van der Waals surface area contributed by atoms with E-state index in [0.29, 0.717) is 38.1 Å². The molecule has 0 amide bonds. The molecule has 0 aliphatic carbocycles. The van der Waals surface area contributed by atoms with Crippen LogP contribution in [0.15, 0.2) is 29.3 Å². The highest BCUT2D eigenvalue weighted by Crippen LogP contribution is 2.24. The lowest BCUT2D eigenvalue weighted by Crippen LogP contribution is -2.57. The van der Waals surface area contributed by atoms with Gasteiger partial charge in [0.15, 0.2) is 15.8 Å². The molecule has 7 heteroatoms. The minimum atomic E-state index is -3.07. The van der Waals surface area contributed by atoms with Crippen molar-refractivity contribution in [3.63, 3.8) is 0 Å². The summed E-state index contributed by atoms with van der Waals surface area (Å²) in [6.45, 7) is 9.92. The van der Waals surface area contributed by atoms with E-state index >= 15 is 0 Å². The van der Waals surface area contributed by atoms with Gasteiger partial charge in [-0.1, -0.05) is 32.0 Å². The van der Waals surface area contributed by atoms with Crippen molar-refractivity contribution in [3.8, 4) is 5.75 Å². The third-order valence-corrected chi connectivity index (χ3v) is 7.07. The van der Waals surface area contributed by atoms with Crippen molar-refractivity contribution < 1.29 is 13.2 Å². The molecule has 0 radical (unpaired) electrons. The Hall–Kier alpha value is -1.76. The summed E-state index contributed by atoms with van der Waals surface area (Å²) in [4.78, 5) is 6.35. The number of para-hydroxylation sites is 1. The number of nitrogens with one attached hydrogen (secondary N) is 1. The summed E-state index contributed by atoms with van der Waals surface area (Å²) in [6, 6.07) is 7.95. The van der Waals surface area contributed by atoms with Gasteiger partial charge in [-0.25, -0.2) is 8.42 Å². The van der Waals surface area contributed by atoms with Crippen molar-refractivity contribution in [1.82, 2.24) is 10.2 Å². The zero-order chi connectivity index (χ0) is 19.4. The lowest BCUT2D eigenvalue weighted by Gasteiger charge is -2.39. The Bertz CT molecular complexity index is 742. The molecule has 1 aromatic carbocycles. The molecule has 1 fully saturated rings. The molecular weight excluding hydrogens is 350 g/mol. The Morgan fingerprint density at radius 1 is 1.35 bits per heavy atom. The van der Waals surface area contributed by atoms with Crippen molar-refractivity contribution in [1.29, 1.82) is 0 Å². The van der Waals surface area contributed by atoms with Gasteiger partial charge in [-0.15, -0.1) is 0 Å². The Morgan fingerprint density at radius 3 is 2.65 bits per heavy atom. The summed E-state index contributed by atoms with van der Waals surface area (Å²) in [5.41, 5.74) is 1.05. The molecule has 1 saturated heterocycles. The highest BCUT2D eigenvalue weighted by Gasteiger charge is 2.40. The number of benzene rings is 1. The highest BCUT2D eigenvalue weighted by atomic mass is 32.2. The highest BCUT2D eigenvalue weighted by molar-refractivity contribution is 7.92. The van der Waals surface area contributed by atoms with E-state index in [2.05, 4.69) is 24.2 Å². The monoisotopic (exact) mass is 381 g/mol. The van der Waals surface area contributed by atoms with E-state index in [1.165, 1.54) is 0 Å². The van der Waals surface area contributed by atoms with Crippen LogP contribution in [0.2, 0.25) is 0 Å². The molecular formula is C19H31N3O3S. The molecule has 26 heavy (non-hydrogen) atoms. The number of ether oxygens (including phenoxy) is 1. The summed E-state index contributed by atoms with van der Waals surface area (Å²) in [6.07, 6.45) is 0. The van der Waals surface area contributed by atoms with Gasteiger partial charge >= 0.3 is 0 Å². The van der Waals surface area contributed by atoms with Crippen molar-refractivity contribution in [2.24, 2.45) is 10.9 Å². The van der Waals surface area contributed by atoms with Crippen molar-refractivity contribution >= 4 is 15.8 Å². The standard InChI is InChI=1S/C19H31N3O3S/c1-15(2)13-25-17-9-7-6-8-16(17)12-21-18(20-5)22-10-11-26(23,24)19(3,4)14-22/h6-9,15H,10-14H2,1-5H3,(H,20,21). The first-order chi connectivity index (χ1) is 12.2. The second kappa shape index (κ2) is 8.29.